The molecule has 0 radical (unpaired) electrons. The second kappa shape index (κ2) is 12.2. The van der Waals surface area contributed by atoms with Gasteiger partial charge < -0.3 is 19.4 Å². The van der Waals surface area contributed by atoms with E-state index in [1.54, 1.807) is 10.4 Å². The highest BCUT2D eigenvalue weighted by Crippen LogP contribution is 2.44. The summed E-state index contributed by atoms with van der Waals surface area (Å²) in [6, 6.07) is 17.9. The smallest absolute Gasteiger partial charge is 0.405 e. The number of nitrogens with zero attached hydrogens (tertiary/aromatic N) is 2. The average molecular weight is 586 g/mol. The normalized spacial score (nSPS) is 16.2. The number of hydrogen-bond acceptors (Lipinski definition) is 6. The Morgan fingerprint density at radius 3 is 2.68 bits per heavy atom. The number of carbonyl (C=O) groups excluding carboxylic acids is 1. The van der Waals surface area contributed by atoms with Gasteiger partial charge >= 0.3 is 6.18 Å². The zero-order valence-electron chi connectivity index (χ0n) is 22.4. The lowest BCUT2D eigenvalue weighted by Gasteiger charge is -2.26. The SMILES string of the molecule is CCCC[S@@+]([O-])N1Cc2cc(C(=O)NCC(F)(F)F)nc(-c3cccc(-c4cc5ccccc5o4)c3)c2[C@H]1CCO. The molecule has 4 aromatic rings. The summed E-state index contributed by atoms with van der Waals surface area (Å²) in [5, 5.41) is 12.7. The van der Waals surface area contributed by atoms with Crippen LogP contribution < -0.4 is 5.32 Å². The maximum absolute atomic E-state index is 13.3. The van der Waals surface area contributed by atoms with Crippen LogP contribution in [0.3, 0.4) is 0 Å². The van der Waals surface area contributed by atoms with E-state index in [0.717, 1.165) is 29.4 Å². The van der Waals surface area contributed by atoms with Crippen LogP contribution in [0.25, 0.3) is 33.6 Å². The van der Waals surface area contributed by atoms with Crippen LogP contribution in [-0.2, 0) is 17.9 Å². The number of rotatable bonds is 10. The molecule has 5 rings (SSSR count). The predicted octanol–water partition coefficient (Wildman–Crippen LogP) is 6.16. The molecule has 216 valence electrons. The van der Waals surface area contributed by atoms with E-state index in [-0.39, 0.29) is 25.3 Å². The van der Waals surface area contributed by atoms with Crippen molar-refractivity contribution in [3.8, 4) is 22.6 Å². The highest BCUT2D eigenvalue weighted by molar-refractivity contribution is 7.89. The summed E-state index contributed by atoms with van der Waals surface area (Å²) < 4.78 is 59.6. The Kier molecular flexibility index (Phi) is 8.69. The van der Waals surface area contributed by atoms with E-state index < -0.39 is 36.0 Å². The van der Waals surface area contributed by atoms with E-state index in [9.17, 15) is 27.6 Å². The fourth-order valence-corrected chi connectivity index (χ4v) is 6.64. The first kappa shape index (κ1) is 29.1. The van der Waals surface area contributed by atoms with Gasteiger partial charge in [-0.1, -0.05) is 49.7 Å². The Balaban J connectivity index is 1.60. The number of hydrogen-bond donors (Lipinski definition) is 2. The number of amides is 1. The van der Waals surface area contributed by atoms with Gasteiger partial charge in [0.15, 0.2) is 0 Å². The van der Waals surface area contributed by atoms with Gasteiger partial charge in [0.2, 0.25) is 0 Å². The van der Waals surface area contributed by atoms with Crippen molar-refractivity contribution in [2.45, 2.75) is 44.9 Å². The van der Waals surface area contributed by atoms with Gasteiger partial charge in [0, 0.05) is 40.0 Å². The number of para-hydroxylation sites is 1. The Hall–Kier alpha value is -3.38. The van der Waals surface area contributed by atoms with E-state index in [4.69, 9.17) is 4.42 Å². The molecule has 41 heavy (non-hydrogen) atoms. The Morgan fingerprint density at radius 1 is 1.17 bits per heavy atom. The van der Waals surface area contributed by atoms with Gasteiger partial charge in [-0.15, -0.1) is 4.31 Å². The van der Waals surface area contributed by atoms with Gasteiger partial charge in [-0.05, 0) is 42.7 Å². The van der Waals surface area contributed by atoms with E-state index in [2.05, 4.69) is 4.98 Å². The minimum Gasteiger partial charge on any atom is -0.598 e. The fourth-order valence-electron chi connectivity index (χ4n) is 5.09. The number of aliphatic hydroxyl groups is 1. The van der Waals surface area contributed by atoms with Crippen molar-refractivity contribution in [2.24, 2.45) is 0 Å². The predicted molar refractivity (Wildman–Crippen MR) is 151 cm³/mol. The largest absolute Gasteiger partial charge is 0.598 e. The van der Waals surface area contributed by atoms with Crippen molar-refractivity contribution in [2.75, 3.05) is 18.9 Å². The first-order chi connectivity index (χ1) is 19.7. The van der Waals surface area contributed by atoms with Crippen LogP contribution in [0.4, 0.5) is 13.2 Å². The van der Waals surface area contributed by atoms with Crippen LogP contribution in [0.15, 0.2) is 65.1 Å². The molecule has 11 heteroatoms. The second-order valence-electron chi connectivity index (χ2n) is 9.94. The number of halogens is 3. The zero-order chi connectivity index (χ0) is 29.1. The van der Waals surface area contributed by atoms with Gasteiger partial charge in [0.1, 0.15) is 29.3 Å². The van der Waals surface area contributed by atoms with Crippen LogP contribution in [0.1, 0.15) is 53.8 Å². The lowest BCUT2D eigenvalue weighted by molar-refractivity contribution is -0.123. The van der Waals surface area contributed by atoms with E-state index in [0.29, 0.717) is 33.9 Å². The third-order valence-electron chi connectivity index (χ3n) is 7.02. The summed E-state index contributed by atoms with van der Waals surface area (Å²) in [6.07, 6.45) is -2.68. The Labute approximate surface area is 238 Å². The summed E-state index contributed by atoms with van der Waals surface area (Å²) in [4.78, 5) is 17.4. The minimum atomic E-state index is -4.57. The van der Waals surface area contributed by atoms with Crippen molar-refractivity contribution in [3.05, 3.63) is 77.5 Å². The first-order valence-corrected chi connectivity index (χ1v) is 14.7. The molecule has 0 saturated carbocycles. The summed E-state index contributed by atoms with van der Waals surface area (Å²) in [7, 11) is 0. The lowest BCUT2D eigenvalue weighted by atomic mass is 9.95. The molecule has 2 aromatic carbocycles. The standard InChI is InChI=1S/C30H30F3N3O4S/c1-2-3-13-41(39)36-17-22-15-23(29(38)34-18-30(31,32)33)35-28(27(22)24(36)11-12-37)21-9-6-8-19(14-21)26-16-20-7-4-5-10-25(20)40-26/h4-10,14-16,24,37H,2-3,11-13,17-18H2,1H3,(H,34,38)/t24-,41-/m1/s1. The third-order valence-corrected chi connectivity index (χ3v) is 8.56. The van der Waals surface area contributed by atoms with Gasteiger partial charge in [-0.2, -0.15) is 13.2 Å². The summed E-state index contributed by atoms with van der Waals surface area (Å²) in [5.74, 6) is 0.109. The number of carbonyl (C=O) groups is 1. The topological polar surface area (TPSA) is 102 Å². The van der Waals surface area contributed by atoms with Crippen molar-refractivity contribution >= 4 is 28.2 Å². The molecular weight excluding hydrogens is 555 g/mol. The highest BCUT2D eigenvalue weighted by Gasteiger charge is 2.40. The molecule has 1 aliphatic rings. The maximum atomic E-state index is 13.3. The lowest BCUT2D eigenvalue weighted by Crippen LogP contribution is -2.34. The number of aliphatic hydroxyl groups excluding tert-OH is 1. The zero-order valence-corrected chi connectivity index (χ0v) is 23.2. The average Bonchev–Trinajstić information content (AvgIpc) is 3.56. The molecular formula is C30H30F3N3O4S. The molecule has 1 amide bonds. The van der Waals surface area contributed by atoms with Crippen molar-refractivity contribution in [1.82, 2.24) is 14.6 Å². The molecule has 2 atom stereocenters. The minimum absolute atomic E-state index is 0.166. The molecule has 0 bridgehead atoms. The highest BCUT2D eigenvalue weighted by atomic mass is 32.2. The van der Waals surface area contributed by atoms with E-state index in [1.165, 1.54) is 6.07 Å². The van der Waals surface area contributed by atoms with Crippen LogP contribution in [-0.4, -0.2) is 49.9 Å². The molecule has 2 aromatic heterocycles. The Bertz CT molecular complexity index is 1510. The van der Waals surface area contributed by atoms with Crippen molar-refractivity contribution in [3.63, 3.8) is 0 Å². The van der Waals surface area contributed by atoms with Crippen molar-refractivity contribution in [1.29, 1.82) is 0 Å². The molecule has 0 spiro atoms. The number of alkyl halides is 3. The van der Waals surface area contributed by atoms with E-state index in [1.807, 2.05) is 60.8 Å². The van der Waals surface area contributed by atoms with Crippen molar-refractivity contribution < 1.29 is 32.0 Å². The number of fused-ring (bicyclic) bond motifs is 2. The molecule has 0 saturated heterocycles. The summed E-state index contributed by atoms with van der Waals surface area (Å²) in [5.41, 5.74) is 3.67. The molecule has 1 aliphatic heterocycles. The Morgan fingerprint density at radius 2 is 1.95 bits per heavy atom. The van der Waals surface area contributed by atoms with Crippen LogP contribution >= 0.6 is 0 Å². The molecule has 3 heterocycles. The molecule has 7 nitrogen and oxygen atoms in total. The molecule has 0 aliphatic carbocycles. The van der Waals surface area contributed by atoms with Crippen LogP contribution in [0, 0.1) is 0 Å². The monoisotopic (exact) mass is 585 g/mol. The van der Waals surface area contributed by atoms with Crippen LogP contribution in [0.2, 0.25) is 0 Å². The quantitative estimate of drug-likeness (QED) is 0.216. The molecule has 2 N–H and O–H groups in total. The maximum Gasteiger partial charge on any atom is 0.405 e. The summed E-state index contributed by atoms with van der Waals surface area (Å²) >= 11 is -1.36. The van der Waals surface area contributed by atoms with Gasteiger partial charge in [0.05, 0.1) is 18.3 Å². The number of nitrogens with one attached hydrogen (secondary N) is 1. The third kappa shape index (κ3) is 6.43. The number of furan rings is 1. The number of unbranched alkanes of at least 4 members (excludes halogenated alkanes) is 1. The van der Waals surface area contributed by atoms with Crippen LogP contribution in [0.5, 0.6) is 0 Å². The molecule has 0 unspecified atom stereocenters. The first-order valence-electron chi connectivity index (χ1n) is 13.4. The van der Waals surface area contributed by atoms with Gasteiger partial charge in [-0.25, -0.2) is 4.98 Å². The fraction of sp³-hybridized carbons (Fsp3) is 0.333. The second-order valence-corrected chi connectivity index (χ2v) is 11.5. The van der Waals surface area contributed by atoms with Gasteiger partial charge in [0.25, 0.3) is 5.91 Å². The number of pyridine rings is 1. The summed E-state index contributed by atoms with van der Waals surface area (Å²) in [6.45, 7) is 0.568. The number of aromatic nitrogens is 1. The van der Waals surface area contributed by atoms with Gasteiger partial charge in [-0.3, -0.25) is 4.79 Å². The molecule has 0 fully saturated rings. The number of benzene rings is 2. The van der Waals surface area contributed by atoms with E-state index >= 15 is 0 Å².